The number of aromatic carboxylic acids is 2. The van der Waals surface area contributed by atoms with Gasteiger partial charge in [-0.05, 0) is 54.0 Å². The van der Waals surface area contributed by atoms with Gasteiger partial charge in [-0.1, -0.05) is 152 Å². The fraction of sp³-hybridized carbons (Fsp3) is 0.261. The normalized spacial score (nSPS) is 15.6. The quantitative estimate of drug-likeness (QED) is 0.0470. The van der Waals surface area contributed by atoms with Gasteiger partial charge >= 0.3 is 11.9 Å². The zero-order valence-electron chi connectivity index (χ0n) is 50.2. The number of benzene rings is 5. The van der Waals surface area contributed by atoms with E-state index in [2.05, 4.69) is 0 Å². The number of hydrogen-bond acceptors (Lipinski definition) is 15. The molecule has 3 atom stereocenters. The summed E-state index contributed by atoms with van der Waals surface area (Å²) in [6.07, 6.45) is 5.38. The van der Waals surface area contributed by atoms with Crippen molar-refractivity contribution in [3.63, 3.8) is 0 Å². The number of aliphatic hydroxyl groups excluding tert-OH is 3. The van der Waals surface area contributed by atoms with Crippen LogP contribution in [0.15, 0.2) is 185 Å². The lowest BCUT2D eigenvalue weighted by Crippen LogP contribution is -2.46. The van der Waals surface area contributed by atoms with Crippen molar-refractivity contribution in [1.29, 1.82) is 0 Å². The molecule has 3 amide bonds. The Morgan fingerprint density at radius 3 is 1.01 bits per heavy atom. The van der Waals surface area contributed by atoms with Crippen molar-refractivity contribution in [2.24, 2.45) is 0 Å². The van der Waals surface area contributed by atoms with E-state index >= 15 is 0 Å². The Balaban J connectivity index is 0.000000164. The van der Waals surface area contributed by atoms with Gasteiger partial charge in [0.1, 0.15) is 24.3 Å². The number of fused-ring (bicyclic) bond motifs is 3. The summed E-state index contributed by atoms with van der Waals surface area (Å²) >= 11 is 0. The fourth-order valence-corrected chi connectivity index (χ4v) is 11.4. The molecule has 0 aliphatic carbocycles. The van der Waals surface area contributed by atoms with Crippen molar-refractivity contribution in [2.75, 3.05) is 59.1 Å². The molecule has 3 aromatic heterocycles. The standard InChI is InChI=1S/C26H26N2O5.C25H24N2O6.C18H18N2O6/c1-18(30)22-16-28-21(14-19-8-4-2-5-9-19)15-27(12-13-29)26(32)23(28)25(24(22)31)33-17-20-10-6-3-7-11-20;28-12-11-26-14-19(13-17-7-3-1-4-8-17)27-15-20(25(31)32)22(29)23(21(27)24(26)30)33-16-18-9-5-2-6-10-18;21-7-6-19-9-12(8-11-4-2-1-3-5-11)20-10-13(18(25)26)15(22)16(23)14(20)17(19)24/h2-11,16,21,29H,12-15,17H2,1H3;1-10,15,19,28H,11-14,16H2,(H,31,32);1-5,10,12,21,23H,6-9H2,(H,25,26)/t21-;;/m0../s1. The highest BCUT2D eigenvalue weighted by Crippen LogP contribution is 2.33. The van der Waals surface area contributed by atoms with Crippen molar-refractivity contribution < 1.29 is 68.9 Å². The summed E-state index contributed by atoms with van der Waals surface area (Å²) in [6, 6.07) is 46.2. The molecule has 2 unspecified atom stereocenters. The van der Waals surface area contributed by atoms with Gasteiger partial charge in [0.25, 0.3) is 17.7 Å². The Hall–Kier alpha value is -10.8. The Morgan fingerprint density at radius 2 is 0.696 bits per heavy atom. The number of β-amino-alcohol motifs (C(OH)–C–C–N with tert-alkyl or cyclic N) is 3. The predicted molar refractivity (Wildman–Crippen MR) is 336 cm³/mol. The molecule has 0 bridgehead atoms. The number of carboxylic acid groups (broad SMARTS) is 2. The van der Waals surface area contributed by atoms with E-state index in [1.165, 1.54) is 38.6 Å². The van der Waals surface area contributed by atoms with Gasteiger partial charge in [0.15, 0.2) is 40.1 Å². The Bertz CT molecular complexity index is 3970. The summed E-state index contributed by atoms with van der Waals surface area (Å²) in [5.74, 6) is -6.03. The number of ether oxygens (including phenoxy) is 2. The van der Waals surface area contributed by atoms with E-state index in [4.69, 9.17) is 9.47 Å². The lowest BCUT2D eigenvalue weighted by molar-refractivity contribution is 0.0607. The van der Waals surface area contributed by atoms with Gasteiger partial charge in [0.05, 0.1) is 43.5 Å². The van der Waals surface area contributed by atoms with Crippen LogP contribution in [-0.4, -0.2) is 154 Å². The molecule has 0 fully saturated rings. The average Bonchev–Trinajstić information content (AvgIpc) is 0.770. The molecule has 23 nitrogen and oxygen atoms in total. The maximum Gasteiger partial charge on any atom is 0.341 e. The van der Waals surface area contributed by atoms with E-state index in [0.717, 1.165) is 34.0 Å². The minimum Gasteiger partial charge on any atom is -0.503 e. The number of carbonyl (C=O) groups excluding carboxylic acids is 4. The summed E-state index contributed by atoms with van der Waals surface area (Å²) in [4.78, 5) is 117. The van der Waals surface area contributed by atoms with E-state index in [1.54, 1.807) is 9.13 Å². The Morgan fingerprint density at radius 1 is 0.413 bits per heavy atom. The second-order valence-corrected chi connectivity index (χ2v) is 22.1. The van der Waals surface area contributed by atoms with Crippen LogP contribution in [0.3, 0.4) is 0 Å². The first-order valence-corrected chi connectivity index (χ1v) is 29.6. The van der Waals surface area contributed by atoms with Gasteiger partial charge in [-0.25, -0.2) is 9.59 Å². The molecule has 23 heteroatoms. The van der Waals surface area contributed by atoms with Crippen molar-refractivity contribution in [3.05, 3.63) is 263 Å². The zero-order valence-corrected chi connectivity index (χ0v) is 50.2. The van der Waals surface area contributed by atoms with Crippen LogP contribution in [-0.2, 0) is 32.5 Å². The Labute approximate surface area is 527 Å². The number of ketones is 1. The molecule has 0 radical (unpaired) electrons. The first kappa shape index (κ1) is 65.7. The second kappa shape index (κ2) is 30.2. The van der Waals surface area contributed by atoms with E-state index in [9.17, 15) is 73.8 Å². The lowest BCUT2D eigenvalue weighted by Gasteiger charge is -2.37. The van der Waals surface area contributed by atoms with Crippen LogP contribution in [0.5, 0.6) is 17.2 Å². The largest absolute Gasteiger partial charge is 0.503 e. The van der Waals surface area contributed by atoms with Crippen LogP contribution < -0.4 is 25.8 Å². The van der Waals surface area contributed by atoms with Gasteiger partial charge in [0.2, 0.25) is 16.3 Å². The number of aliphatic hydroxyl groups is 3. The number of carbonyl (C=O) groups is 6. The Kier molecular flexibility index (Phi) is 21.5. The number of carboxylic acids is 2. The first-order valence-electron chi connectivity index (χ1n) is 29.6. The van der Waals surface area contributed by atoms with Crippen molar-refractivity contribution in [1.82, 2.24) is 28.4 Å². The van der Waals surface area contributed by atoms with Crippen LogP contribution in [0.4, 0.5) is 0 Å². The molecule has 92 heavy (non-hydrogen) atoms. The van der Waals surface area contributed by atoms with Gasteiger partial charge in [-0.3, -0.25) is 33.6 Å². The van der Waals surface area contributed by atoms with E-state index in [0.29, 0.717) is 25.8 Å². The topological polar surface area (TPSA) is 318 Å². The number of hydrogen-bond donors (Lipinski definition) is 6. The third-order valence-electron chi connectivity index (χ3n) is 15.9. The van der Waals surface area contributed by atoms with Crippen molar-refractivity contribution >= 4 is 35.4 Å². The molecule has 3 aliphatic heterocycles. The van der Waals surface area contributed by atoms with Gasteiger partial charge in [-0.15, -0.1) is 0 Å². The molecule has 0 saturated carbocycles. The van der Waals surface area contributed by atoms with E-state index in [1.807, 2.05) is 152 Å². The number of nitrogens with zero attached hydrogens (tertiary/aromatic N) is 6. The SMILES string of the molecule is CC(=O)c1cn2c(c(OCc3ccccc3)c1=O)C(=O)N(CCO)C[C@@H]2Cc1ccccc1.O=C(O)c1cn2c(c(O)c1=O)C(=O)N(CCO)CC2Cc1ccccc1.O=C(O)c1cn2c(c(OCc3ccccc3)c1=O)C(=O)N(CCO)CC2Cc1ccccc1. The number of pyridine rings is 3. The molecule has 0 saturated heterocycles. The summed E-state index contributed by atoms with van der Waals surface area (Å²) < 4.78 is 16.3. The average molecular weight is 1250 g/mol. The number of amides is 3. The molecule has 0 spiro atoms. The summed E-state index contributed by atoms with van der Waals surface area (Å²) in [7, 11) is 0. The number of Topliss-reactive ketones (excluding diaryl/α,β-unsaturated/α-hetero) is 1. The maximum absolute atomic E-state index is 13.4. The first-order chi connectivity index (χ1) is 44.4. The highest BCUT2D eigenvalue weighted by molar-refractivity contribution is 6.00. The number of rotatable bonds is 21. The van der Waals surface area contributed by atoms with Gasteiger partial charge < -0.3 is 68.5 Å². The van der Waals surface area contributed by atoms with Gasteiger partial charge in [0, 0.05) is 57.9 Å². The highest BCUT2D eigenvalue weighted by Gasteiger charge is 2.39. The molecule has 476 valence electrons. The molecular formula is C69H68N6O17. The molecule has 11 rings (SSSR count). The minimum absolute atomic E-state index is 0.00145. The lowest BCUT2D eigenvalue weighted by atomic mass is 10.0. The third-order valence-corrected chi connectivity index (χ3v) is 15.9. The van der Waals surface area contributed by atoms with Gasteiger partial charge in [-0.2, -0.15) is 0 Å². The maximum atomic E-state index is 13.4. The summed E-state index contributed by atoms with van der Waals surface area (Å²) in [5, 5.41) is 57.3. The van der Waals surface area contributed by atoms with Crippen LogP contribution >= 0.6 is 0 Å². The minimum atomic E-state index is -1.47. The van der Waals surface area contributed by atoms with E-state index < -0.39 is 62.8 Å². The molecule has 6 N–H and O–H groups in total. The molecule has 6 heterocycles. The summed E-state index contributed by atoms with van der Waals surface area (Å²) in [6.45, 7) is 1.86. The monoisotopic (exact) mass is 1250 g/mol. The predicted octanol–water partition coefficient (Wildman–Crippen LogP) is 5.70. The number of aromatic hydroxyl groups is 1. The zero-order chi connectivity index (χ0) is 65.6. The number of aromatic nitrogens is 3. The van der Waals surface area contributed by atoms with Crippen LogP contribution in [0, 0.1) is 0 Å². The van der Waals surface area contributed by atoms with E-state index in [-0.39, 0.29) is 124 Å². The highest BCUT2D eigenvalue weighted by atomic mass is 16.5. The fourth-order valence-electron chi connectivity index (χ4n) is 11.4. The third kappa shape index (κ3) is 14.9. The van der Waals surface area contributed by atoms with Crippen LogP contribution in [0.2, 0.25) is 0 Å². The van der Waals surface area contributed by atoms with Crippen molar-refractivity contribution in [3.8, 4) is 17.2 Å². The van der Waals surface area contributed by atoms with Crippen LogP contribution in [0.25, 0.3) is 0 Å². The smallest absolute Gasteiger partial charge is 0.341 e. The second-order valence-electron chi connectivity index (χ2n) is 22.1. The van der Waals surface area contributed by atoms with Crippen LogP contribution in [0.1, 0.15) is 115 Å². The molecular weight excluding hydrogens is 1180 g/mol. The van der Waals surface area contributed by atoms with Crippen molar-refractivity contribution in [2.45, 2.75) is 57.5 Å². The molecule has 5 aromatic carbocycles. The molecule has 8 aromatic rings. The molecule has 3 aliphatic rings. The summed E-state index contributed by atoms with van der Waals surface area (Å²) in [5.41, 5.74) is 0.884.